The number of rotatable bonds is 5. The van der Waals surface area contributed by atoms with Gasteiger partial charge in [-0.2, -0.15) is 0 Å². The molecule has 1 saturated heterocycles. The number of aryl methyl sites for hydroxylation is 1. The highest BCUT2D eigenvalue weighted by molar-refractivity contribution is 5.78. The Kier molecular flexibility index (Phi) is 5.88. The third-order valence-corrected chi connectivity index (χ3v) is 5.10. The number of benzene rings is 2. The lowest BCUT2D eigenvalue weighted by Gasteiger charge is -2.35. The zero-order valence-corrected chi connectivity index (χ0v) is 16.8. The normalized spacial score (nSPS) is 13.9. The molecule has 0 atom stereocenters. The summed E-state index contributed by atoms with van der Waals surface area (Å²) in [5, 5.41) is 8.57. The van der Waals surface area contributed by atoms with Gasteiger partial charge < -0.3 is 14.5 Å². The second kappa shape index (κ2) is 8.90. The molecule has 0 bridgehead atoms. The van der Waals surface area contributed by atoms with E-state index in [9.17, 15) is 9.18 Å². The molecule has 3 aromatic rings. The molecular formula is C23H23FN4O2. The minimum absolute atomic E-state index is 0.0195. The van der Waals surface area contributed by atoms with Crippen molar-refractivity contribution in [1.29, 1.82) is 0 Å². The van der Waals surface area contributed by atoms with E-state index in [0.717, 1.165) is 16.9 Å². The summed E-state index contributed by atoms with van der Waals surface area (Å²) in [7, 11) is 0. The van der Waals surface area contributed by atoms with Crippen molar-refractivity contribution in [3.63, 3.8) is 0 Å². The summed E-state index contributed by atoms with van der Waals surface area (Å²) >= 11 is 0. The molecular weight excluding hydrogens is 383 g/mol. The molecule has 0 saturated carbocycles. The summed E-state index contributed by atoms with van der Waals surface area (Å²) in [6, 6.07) is 17.6. The first kappa shape index (κ1) is 19.8. The van der Waals surface area contributed by atoms with Crippen LogP contribution in [0.2, 0.25) is 0 Å². The highest BCUT2D eigenvalue weighted by Gasteiger charge is 2.22. The largest absolute Gasteiger partial charge is 0.484 e. The van der Waals surface area contributed by atoms with E-state index in [1.807, 2.05) is 48.2 Å². The summed E-state index contributed by atoms with van der Waals surface area (Å²) in [5.41, 5.74) is 2.61. The number of amides is 1. The Morgan fingerprint density at radius 2 is 1.77 bits per heavy atom. The Bertz CT molecular complexity index is 1000. The van der Waals surface area contributed by atoms with Crippen LogP contribution < -0.4 is 9.64 Å². The van der Waals surface area contributed by atoms with Crippen molar-refractivity contribution >= 4 is 11.7 Å². The van der Waals surface area contributed by atoms with Crippen LogP contribution >= 0.6 is 0 Å². The van der Waals surface area contributed by atoms with Gasteiger partial charge in [0.1, 0.15) is 11.6 Å². The number of anilines is 1. The number of piperazine rings is 1. The number of aromatic nitrogens is 2. The Labute approximate surface area is 174 Å². The highest BCUT2D eigenvalue weighted by Crippen LogP contribution is 2.20. The molecule has 7 heteroatoms. The molecule has 2 aromatic carbocycles. The van der Waals surface area contributed by atoms with E-state index in [0.29, 0.717) is 37.6 Å². The van der Waals surface area contributed by atoms with Gasteiger partial charge in [-0.1, -0.05) is 12.1 Å². The predicted octanol–water partition coefficient (Wildman–Crippen LogP) is 3.32. The molecule has 4 rings (SSSR count). The van der Waals surface area contributed by atoms with Gasteiger partial charge in [0.05, 0.1) is 5.69 Å². The second-order valence-corrected chi connectivity index (χ2v) is 7.26. The van der Waals surface area contributed by atoms with Crippen molar-refractivity contribution in [2.75, 3.05) is 37.7 Å². The molecule has 154 valence electrons. The van der Waals surface area contributed by atoms with Crippen LogP contribution in [0.15, 0.2) is 60.7 Å². The summed E-state index contributed by atoms with van der Waals surface area (Å²) in [5.74, 6) is 1.18. The van der Waals surface area contributed by atoms with E-state index in [1.165, 1.54) is 12.1 Å². The SMILES string of the molecule is Cc1cccc(OCC(=O)N2CCN(c3ccc(-c4ccc(F)cc4)nn3)CC2)c1. The average molecular weight is 406 g/mol. The fourth-order valence-corrected chi connectivity index (χ4v) is 3.39. The lowest BCUT2D eigenvalue weighted by Crippen LogP contribution is -2.50. The van der Waals surface area contributed by atoms with Crippen LogP contribution in [0.25, 0.3) is 11.3 Å². The average Bonchev–Trinajstić information content (AvgIpc) is 2.78. The van der Waals surface area contributed by atoms with E-state index in [4.69, 9.17) is 4.74 Å². The monoisotopic (exact) mass is 406 g/mol. The van der Waals surface area contributed by atoms with Gasteiger partial charge in [0.2, 0.25) is 0 Å². The van der Waals surface area contributed by atoms with Crippen LogP contribution in [0.1, 0.15) is 5.56 Å². The van der Waals surface area contributed by atoms with Gasteiger partial charge in [0.15, 0.2) is 12.4 Å². The number of hydrogen-bond donors (Lipinski definition) is 0. The first-order chi connectivity index (χ1) is 14.6. The fraction of sp³-hybridized carbons (Fsp3) is 0.261. The fourth-order valence-electron chi connectivity index (χ4n) is 3.39. The van der Waals surface area contributed by atoms with Crippen molar-refractivity contribution in [2.45, 2.75) is 6.92 Å². The molecule has 0 spiro atoms. The van der Waals surface area contributed by atoms with Crippen LogP contribution in [-0.2, 0) is 4.79 Å². The molecule has 30 heavy (non-hydrogen) atoms. The molecule has 0 unspecified atom stereocenters. The summed E-state index contributed by atoms with van der Waals surface area (Å²) in [6.45, 7) is 4.61. The zero-order valence-electron chi connectivity index (χ0n) is 16.8. The van der Waals surface area contributed by atoms with Crippen LogP contribution in [-0.4, -0.2) is 53.8 Å². The molecule has 1 fully saturated rings. The Balaban J connectivity index is 1.29. The van der Waals surface area contributed by atoms with Gasteiger partial charge in [0.25, 0.3) is 5.91 Å². The number of ether oxygens (including phenoxy) is 1. The third kappa shape index (κ3) is 4.74. The molecule has 0 radical (unpaired) electrons. The molecule has 1 aliphatic heterocycles. The van der Waals surface area contributed by atoms with Crippen molar-refractivity contribution in [1.82, 2.24) is 15.1 Å². The minimum atomic E-state index is -0.278. The quantitative estimate of drug-likeness (QED) is 0.651. The molecule has 0 N–H and O–H groups in total. The lowest BCUT2D eigenvalue weighted by molar-refractivity contribution is -0.133. The predicted molar refractivity (Wildman–Crippen MR) is 113 cm³/mol. The molecule has 1 aliphatic rings. The number of carbonyl (C=O) groups is 1. The molecule has 2 heterocycles. The smallest absolute Gasteiger partial charge is 0.260 e. The molecule has 1 aromatic heterocycles. The summed E-state index contributed by atoms with van der Waals surface area (Å²) in [6.07, 6.45) is 0. The van der Waals surface area contributed by atoms with E-state index in [-0.39, 0.29) is 18.3 Å². The second-order valence-electron chi connectivity index (χ2n) is 7.26. The Hall–Kier alpha value is -3.48. The molecule has 0 aliphatic carbocycles. The lowest BCUT2D eigenvalue weighted by atomic mass is 10.1. The maximum atomic E-state index is 13.1. The number of nitrogens with zero attached hydrogens (tertiary/aromatic N) is 4. The Morgan fingerprint density at radius 3 is 2.43 bits per heavy atom. The summed E-state index contributed by atoms with van der Waals surface area (Å²) < 4.78 is 18.7. The highest BCUT2D eigenvalue weighted by atomic mass is 19.1. The summed E-state index contributed by atoms with van der Waals surface area (Å²) in [4.78, 5) is 16.4. The zero-order chi connectivity index (χ0) is 20.9. The first-order valence-corrected chi connectivity index (χ1v) is 9.90. The van der Waals surface area contributed by atoms with Gasteiger partial charge in [-0.15, -0.1) is 10.2 Å². The topological polar surface area (TPSA) is 58.6 Å². The van der Waals surface area contributed by atoms with Crippen LogP contribution in [0.3, 0.4) is 0 Å². The van der Waals surface area contributed by atoms with Crippen LogP contribution in [0.4, 0.5) is 10.2 Å². The minimum Gasteiger partial charge on any atom is -0.484 e. The Morgan fingerprint density at radius 1 is 1.00 bits per heavy atom. The van der Waals surface area contributed by atoms with E-state index < -0.39 is 0 Å². The van der Waals surface area contributed by atoms with Gasteiger partial charge >= 0.3 is 0 Å². The number of halogens is 1. The van der Waals surface area contributed by atoms with Gasteiger partial charge in [-0.3, -0.25) is 4.79 Å². The maximum absolute atomic E-state index is 13.1. The van der Waals surface area contributed by atoms with Crippen molar-refractivity contribution < 1.29 is 13.9 Å². The standard InChI is InChI=1S/C23H23FN4O2/c1-17-3-2-4-20(15-17)30-16-23(29)28-13-11-27(12-14-28)22-10-9-21(25-26-22)18-5-7-19(24)8-6-18/h2-10,15H,11-14,16H2,1H3. The van der Waals surface area contributed by atoms with Gasteiger partial charge in [-0.25, -0.2) is 4.39 Å². The maximum Gasteiger partial charge on any atom is 0.260 e. The van der Waals surface area contributed by atoms with Crippen molar-refractivity contribution in [3.05, 3.63) is 72.0 Å². The van der Waals surface area contributed by atoms with Gasteiger partial charge in [0, 0.05) is 31.7 Å². The van der Waals surface area contributed by atoms with Crippen LogP contribution in [0.5, 0.6) is 5.75 Å². The number of hydrogen-bond acceptors (Lipinski definition) is 5. The third-order valence-electron chi connectivity index (χ3n) is 5.10. The van der Waals surface area contributed by atoms with E-state index >= 15 is 0 Å². The molecule has 1 amide bonds. The van der Waals surface area contributed by atoms with Crippen molar-refractivity contribution in [2.24, 2.45) is 0 Å². The van der Waals surface area contributed by atoms with E-state index in [2.05, 4.69) is 15.1 Å². The number of carbonyl (C=O) groups excluding carboxylic acids is 1. The first-order valence-electron chi connectivity index (χ1n) is 9.90. The molecule has 6 nitrogen and oxygen atoms in total. The van der Waals surface area contributed by atoms with Crippen molar-refractivity contribution in [3.8, 4) is 17.0 Å². The van der Waals surface area contributed by atoms with Gasteiger partial charge in [-0.05, 0) is 61.0 Å². The van der Waals surface area contributed by atoms with Crippen LogP contribution in [0, 0.1) is 12.7 Å². The van der Waals surface area contributed by atoms with E-state index in [1.54, 1.807) is 12.1 Å².